The second-order valence-corrected chi connectivity index (χ2v) is 7.83. The van der Waals surface area contributed by atoms with E-state index in [0.29, 0.717) is 21.5 Å². The van der Waals surface area contributed by atoms with Crippen molar-refractivity contribution in [2.45, 2.75) is 4.90 Å². The van der Waals surface area contributed by atoms with Crippen molar-refractivity contribution >= 4 is 50.2 Å². The topological polar surface area (TPSA) is 64.6 Å². The first-order valence-corrected chi connectivity index (χ1v) is 8.62. The van der Waals surface area contributed by atoms with Crippen LogP contribution in [0.4, 0.5) is 5.69 Å². The first-order chi connectivity index (χ1) is 9.85. The lowest BCUT2D eigenvalue weighted by molar-refractivity contribution is 0.395. The highest BCUT2D eigenvalue weighted by atomic mass is 35.5. The van der Waals surface area contributed by atoms with Crippen LogP contribution in [-0.2, 0) is 10.0 Å². The Morgan fingerprint density at radius 1 is 1.05 bits per heavy atom. The van der Waals surface area contributed by atoms with Gasteiger partial charge in [0.25, 0.3) is 10.0 Å². The number of halogens is 2. The number of nitrogens with one attached hydrogen (secondary N) is 1. The lowest BCUT2D eigenvalue weighted by atomic mass is 10.3. The summed E-state index contributed by atoms with van der Waals surface area (Å²) < 4.78 is 37.6. The predicted molar refractivity (Wildman–Crippen MR) is 84.7 cm³/mol. The van der Waals surface area contributed by atoms with Gasteiger partial charge in [0.2, 0.25) is 0 Å². The fourth-order valence-corrected chi connectivity index (χ4v) is 4.78. The van der Waals surface area contributed by atoms with Gasteiger partial charge in [0.1, 0.15) is 20.7 Å². The van der Waals surface area contributed by atoms with Crippen LogP contribution < -0.4 is 14.2 Å². The summed E-state index contributed by atoms with van der Waals surface area (Å²) >= 11 is 12.6. The Bertz CT molecular complexity index is 736. The van der Waals surface area contributed by atoms with E-state index < -0.39 is 10.0 Å². The maximum absolute atomic E-state index is 12.3. The molecule has 0 bridgehead atoms. The maximum Gasteiger partial charge on any atom is 0.264 e. The van der Waals surface area contributed by atoms with Gasteiger partial charge < -0.3 is 9.47 Å². The van der Waals surface area contributed by atoms with Crippen LogP contribution in [0.15, 0.2) is 29.2 Å². The van der Waals surface area contributed by atoms with E-state index in [9.17, 15) is 8.42 Å². The van der Waals surface area contributed by atoms with E-state index in [2.05, 4.69) is 4.72 Å². The average molecular weight is 368 g/mol. The van der Waals surface area contributed by atoms with Crippen LogP contribution in [0.25, 0.3) is 0 Å². The van der Waals surface area contributed by atoms with Gasteiger partial charge >= 0.3 is 0 Å². The summed E-state index contributed by atoms with van der Waals surface area (Å²) in [5, 5.41) is 0. The van der Waals surface area contributed by atoms with Crippen molar-refractivity contribution in [3.8, 4) is 11.5 Å². The number of ether oxygens (including phenoxy) is 2. The summed E-state index contributed by atoms with van der Waals surface area (Å²) in [7, 11) is -0.891. The first-order valence-electron chi connectivity index (χ1n) is 5.56. The number of anilines is 1. The molecule has 0 fully saturated rings. The van der Waals surface area contributed by atoms with Crippen molar-refractivity contribution in [1.29, 1.82) is 0 Å². The van der Waals surface area contributed by atoms with E-state index >= 15 is 0 Å². The zero-order valence-corrected chi connectivity index (χ0v) is 14.2. The molecule has 114 valence electrons. The number of hydrogen-bond acceptors (Lipinski definition) is 5. The van der Waals surface area contributed by atoms with Gasteiger partial charge in [0.05, 0.1) is 24.2 Å². The fourth-order valence-electron chi connectivity index (χ4n) is 1.58. The molecule has 0 saturated carbocycles. The summed E-state index contributed by atoms with van der Waals surface area (Å²) in [6.07, 6.45) is 0. The number of benzene rings is 1. The van der Waals surface area contributed by atoms with Gasteiger partial charge in [-0.15, -0.1) is 11.3 Å². The van der Waals surface area contributed by atoms with Crippen molar-refractivity contribution in [1.82, 2.24) is 0 Å². The molecular weight excluding hydrogens is 357 g/mol. The summed E-state index contributed by atoms with van der Waals surface area (Å²) in [4.78, 5) is -0.0686. The van der Waals surface area contributed by atoms with Gasteiger partial charge in [0.15, 0.2) is 0 Å². The van der Waals surface area contributed by atoms with E-state index in [-0.39, 0.29) is 9.23 Å². The quantitative estimate of drug-likeness (QED) is 0.870. The molecule has 0 atom stereocenters. The van der Waals surface area contributed by atoms with Crippen LogP contribution in [0.3, 0.4) is 0 Å². The van der Waals surface area contributed by atoms with Gasteiger partial charge in [-0.1, -0.05) is 23.2 Å². The molecule has 1 aromatic heterocycles. The van der Waals surface area contributed by atoms with Crippen molar-refractivity contribution < 1.29 is 17.9 Å². The molecule has 0 spiro atoms. The van der Waals surface area contributed by atoms with Gasteiger partial charge in [0, 0.05) is 18.2 Å². The maximum atomic E-state index is 12.3. The second-order valence-electron chi connectivity index (χ2n) is 3.90. The minimum atomic E-state index is -3.84. The van der Waals surface area contributed by atoms with Gasteiger partial charge in [-0.05, 0) is 6.07 Å². The summed E-state index contributed by atoms with van der Waals surface area (Å²) in [6, 6.07) is 5.99. The molecule has 1 heterocycles. The fraction of sp³-hybridized carbons (Fsp3) is 0.167. The lowest BCUT2D eigenvalue weighted by Gasteiger charge is -2.10. The number of methoxy groups -OCH3 is 2. The third-order valence-electron chi connectivity index (χ3n) is 2.52. The Balaban J connectivity index is 2.39. The lowest BCUT2D eigenvalue weighted by Crippen LogP contribution is -2.12. The van der Waals surface area contributed by atoms with E-state index in [4.69, 9.17) is 32.7 Å². The molecule has 0 saturated heterocycles. The van der Waals surface area contributed by atoms with Crippen LogP contribution in [0.1, 0.15) is 0 Å². The van der Waals surface area contributed by atoms with Crippen LogP contribution in [0.5, 0.6) is 11.5 Å². The van der Waals surface area contributed by atoms with Crippen molar-refractivity contribution in [2.24, 2.45) is 0 Å². The minimum absolute atomic E-state index is 0.0686. The third kappa shape index (κ3) is 3.74. The second kappa shape index (κ2) is 6.31. The number of rotatable bonds is 5. The normalized spacial score (nSPS) is 11.2. The SMILES string of the molecule is COc1cc(NS(=O)(=O)c2cc(Cl)sc2Cl)cc(OC)c1. The summed E-state index contributed by atoms with van der Waals surface area (Å²) in [5.74, 6) is 0.919. The highest BCUT2D eigenvalue weighted by Crippen LogP contribution is 2.35. The van der Waals surface area contributed by atoms with E-state index in [1.807, 2.05) is 0 Å². The first kappa shape index (κ1) is 16.2. The molecule has 9 heteroatoms. The van der Waals surface area contributed by atoms with Crippen LogP contribution in [-0.4, -0.2) is 22.6 Å². The molecule has 0 radical (unpaired) electrons. The Hall–Kier alpha value is -1.15. The van der Waals surface area contributed by atoms with Gasteiger partial charge in [-0.25, -0.2) is 8.42 Å². The predicted octanol–water partition coefficient (Wildman–Crippen LogP) is 3.87. The van der Waals surface area contributed by atoms with Crippen LogP contribution in [0.2, 0.25) is 8.67 Å². The highest BCUT2D eigenvalue weighted by molar-refractivity contribution is 7.93. The Labute approximate surface area is 136 Å². The van der Waals surface area contributed by atoms with E-state index in [1.165, 1.54) is 32.4 Å². The molecule has 2 rings (SSSR count). The largest absolute Gasteiger partial charge is 0.497 e. The van der Waals surface area contributed by atoms with Crippen LogP contribution in [0, 0.1) is 0 Å². The average Bonchev–Trinajstić information content (AvgIpc) is 2.77. The monoisotopic (exact) mass is 367 g/mol. The standard InChI is InChI=1S/C12H11Cl2NO4S2/c1-18-8-3-7(4-9(5-8)19-2)15-21(16,17)10-6-11(13)20-12(10)14/h3-6,15H,1-2H3. The highest BCUT2D eigenvalue weighted by Gasteiger charge is 2.21. The molecule has 0 aliphatic heterocycles. The Morgan fingerprint density at radius 3 is 2.05 bits per heavy atom. The van der Waals surface area contributed by atoms with Gasteiger partial charge in [-0.3, -0.25) is 4.72 Å². The molecular formula is C12H11Cl2NO4S2. The summed E-state index contributed by atoms with van der Waals surface area (Å²) in [6.45, 7) is 0. The number of thiophene rings is 1. The smallest absolute Gasteiger partial charge is 0.264 e. The third-order valence-corrected chi connectivity index (χ3v) is 5.65. The molecule has 0 aliphatic rings. The molecule has 5 nitrogen and oxygen atoms in total. The summed E-state index contributed by atoms with van der Waals surface area (Å²) in [5.41, 5.74) is 0.296. The molecule has 0 amide bonds. The minimum Gasteiger partial charge on any atom is -0.497 e. The molecule has 1 aromatic carbocycles. The molecule has 2 aromatic rings. The van der Waals surface area contributed by atoms with E-state index in [0.717, 1.165) is 11.3 Å². The van der Waals surface area contributed by atoms with Crippen molar-refractivity contribution in [2.75, 3.05) is 18.9 Å². The number of sulfonamides is 1. The Morgan fingerprint density at radius 2 is 1.62 bits per heavy atom. The molecule has 0 unspecified atom stereocenters. The zero-order chi connectivity index (χ0) is 15.6. The van der Waals surface area contributed by atoms with E-state index in [1.54, 1.807) is 6.07 Å². The molecule has 0 aliphatic carbocycles. The van der Waals surface area contributed by atoms with Crippen molar-refractivity contribution in [3.05, 3.63) is 32.9 Å². The molecule has 1 N–H and O–H groups in total. The van der Waals surface area contributed by atoms with Crippen molar-refractivity contribution in [3.63, 3.8) is 0 Å². The molecule has 21 heavy (non-hydrogen) atoms. The van der Waals surface area contributed by atoms with Gasteiger partial charge in [-0.2, -0.15) is 0 Å². The number of hydrogen-bond donors (Lipinski definition) is 1. The zero-order valence-electron chi connectivity index (χ0n) is 11.0. The Kier molecular flexibility index (Phi) is 4.88. The van der Waals surface area contributed by atoms with Crippen LogP contribution >= 0.6 is 34.5 Å².